The van der Waals surface area contributed by atoms with E-state index in [9.17, 15) is 12.8 Å². The van der Waals surface area contributed by atoms with Crippen LogP contribution in [0.5, 0.6) is 0 Å². The maximum absolute atomic E-state index is 14.2. The van der Waals surface area contributed by atoms with Gasteiger partial charge in [0.25, 0.3) is 10.0 Å². The van der Waals surface area contributed by atoms with Gasteiger partial charge in [0, 0.05) is 36.1 Å². The molecule has 0 unspecified atom stereocenters. The van der Waals surface area contributed by atoms with Gasteiger partial charge in [0.15, 0.2) is 5.82 Å². The number of halogens is 2. The van der Waals surface area contributed by atoms with Crippen LogP contribution >= 0.6 is 22.9 Å². The number of nitrogens with one attached hydrogen (secondary N) is 2. The second-order valence-corrected chi connectivity index (χ2v) is 11.2. The fraction of sp³-hybridized carbons (Fsp3) is 0.318. The van der Waals surface area contributed by atoms with E-state index in [0.29, 0.717) is 29.4 Å². The standard InChI is InChI=1S/C22H24ClFN4O2S2/c1-15-3-5-19(24)16(9-15)11-28-8-7-22(2,13-28)26-20-6-4-17(10-18(20)23)32(29,30)27-21-12-31-14-25-21/h3-6,9-10,12,14,26-27H,7-8,11,13H2,1-2H3/t22-/m0/s1. The smallest absolute Gasteiger partial charge is 0.263 e. The van der Waals surface area contributed by atoms with Gasteiger partial charge < -0.3 is 5.32 Å². The molecule has 2 N–H and O–H groups in total. The van der Waals surface area contributed by atoms with E-state index in [1.165, 1.54) is 29.5 Å². The minimum Gasteiger partial charge on any atom is -0.377 e. The zero-order valence-electron chi connectivity index (χ0n) is 17.7. The van der Waals surface area contributed by atoms with Crippen LogP contribution in [0.3, 0.4) is 0 Å². The first-order valence-corrected chi connectivity index (χ1v) is 12.9. The first-order chi connectivity index (χ1) is 15.1. The molecule has 0 saturated carbocycles. The fourth-order valence-corrected chi connectivity index (χ4v) is 5.78. The largest absolute Gasteiger partial charge is 0.377 e. The Hall–Kier alpha value is -2.20. The summed E-state index contributed by atoms with van der Waals surface area (Å²) in [6.45, 7) is 6.11. The summed E-state index contributed by atoms with van der Waals surface area (Å²) in [5.74, 6) is 0.0835. The van der Waals surface area contributed by atoms with Gasteiger partial charge >= 0.3 is 0 Å². The Morgan fingerprint density at radius 1 is 1.28 bits per heavy atom. The molecule has 32 heavy (non-hydrogen) atoms. The molecule has 1 atom stereocenters. The minimum atomic E-state index is -3.78. The second kappa shape index (κ2) is 8.97. The molecule has 6 nitrogen and oxygen atoms in total. The molecule has 3 aromatic rings. The summed E-state index contributed by atoms with van der Waals surface area (Å²) in [6.07, 6.45) is 0.849. The summed E-state index contributed by atoms with van der Waals surface area (Å²) in [4.78, 5) is 6.21. The van der Waals surface area contributed by atoms with E-state index < -0.39 is 10.0 Å². The molecule has 0 bridgehead atoms. The van der Waals surface area contributed by atoms with Crippen molar-refractivity contribution in [2.24, 2.45) is 0 Å². The van der Waals surface area contributed by atoms with Crippen LogP contribution in [-0.2, 0) is 16.6 Å². The topological polar surface area (TPSA) is 74.3 Å². The Balaban J connectivity index is 1.44. The van der Waals surface area contributed by atoms with Crippen molar-refractivity contribution in [3.8, 4) is 0 Å². The highest BCUT2D eigenvalue weighted by atomic mass is 35.5. The second-order valence-electron chi connectivity index (χ2n) is 8.36. The van der Waals surface area contributed by atoms with Gasteiger partial charge in [0.05, 0.1) is 21.1 Å². The Morgan fingerprint density at radius 2 is 2.09 bits per heavy atom. The quantitative estimate of drug-likeness (QED) is 0.476. The number of hydrogen-bond acceptors (Lipinski definition) is 6. The van der Waals surface area contributed by atoms with Crippen LogP contribution in [0.1, 0.15) is 24.5 Å². The molecule has 170 valence electrons. The molecule has 2 aromatic carbocycles. The predicted octanol–water partition coefficient (Wildman–Crippen LogP) is 5.12. The summed E-state index contributed by atoms with van der Waals surface area (Å²) < 4.78 is 41.7. The third-order valence-electron chi connectivity index (χ3n) is 5.51. The molecule has 0 amide bonds. The van der Waals surface area contributed by atoms with Gasteiger partial charge in [0.1, 0.15) is 5.82 Å². The highest BCUT2D eigenvalue weighted by Crippen LogP contribution is 2.32. The molecule has 1 aromatic heterocycles. The molecular weight excluding hydrogens is 471 g/mol. The zero-order chi connectivity index (χ0) is 22.9. The Kier molecular flexibility index (Phi) is 6.44. The number of likely N-dealkylation sites (tertiary alicyclic amines) is 1. The normalized spacial score (nSPS) is 19.2. The fourth-order valence-electron chi connectivity index (χ4n) is 3.91. The lowest BCUT2D eigenvalue weighted by Crippen LogP contribution is -2.38. The van der Waals surface area contributed by atoms with Gasteiger partial charge in [-0.25, -0.2) is 17.8 Å². The lowest BCUT2D eigenvalue weighted by atomic mass is 10.0. The van der Waals surface area contributed by atoms with Crippen LogP contribution in [0.2, 0.25) is 5.02 Å². The maximum atomic E-state index is 14.2. The summed E-state index contributed by atoms with van der Waals surface area (Å²) in [7, 11) is -3.78. The number of aromatic nitrogens is 1. The molecule has 4 rings (SSSR count). The molecule has 2 heterocycles. The van der Waals surface area contributed by atoms with E-state index in [4.69, 9.17) is 11.6 Å². The van der Waals surface area contributed by atoms with E-state index in [2.05, 4.69) is 26.8 Å². The number of sulfonamides is 1. The first-order valence-electron chi connectivity index (χ1n) is 10.1. The number of thiazole rings is 1. The van der Waals surface area contributed by atoms with Crippen LogP contribution in [0, 0.1) is 12.7 Å². The van der Waals surface area contributed by atoms with Gasteiger partial charge in [-0.15, -0.1) is 11.3 Å². The van der Waals surface area contributed by atoms with Crippen molar-refractivity contribution in [2.75, 3.05) is 23.1 Å². The summed E-state index contributed by atoms with van der Waals surface area (Å²) >= 11 is 7.73. The van der Waals surface area contributed by atoms with Crippen molar-refractivity contribution < 1.29 is 12.8 Å². The molecular formula is C22H24ClFN4O2S2. The van der Waals surface area contributed by atoms with E-state index in [1.807, 2.05) is 13.0 Å². The van der Waals surface area contributed by atoms with E-state index in [1.54, 1.807) is 23.0 Å². The number of aryl methyl sites for hydroxylation is 1. The minimum absolute atomic E-state index is 0.0641. The number of hydrogen-bond donors (Lipinski definition) is 2. The average Bonchev–Trinajstić information content (AvgIpc) is 3.36. The van der Waals surface area contributed by atoms with Crippen LogP contribution in [0.25, 0.3) is 0 Å². The number of nitrogens with zero attached hydrogens (tertiary/aromatic N) is 2. The number of benzene rings is 2. The first kappa shape index (κ1) is 23.0. The monoisotopic (exact) mass is 494 g/mol. The van der Waals surface area contributed by atoms with Gasteiger partial charge in [-0.2, -0.15) is 0 Å². The van der Waals surface area contributed by atoms with E-state index >= 15 is 0 Å². The summed E-state index contributed by atoms with van der Waals surface area (Å²) in [5, 5.41) is 5.39. The third-order valence-corrected chi connectivity index (χ3v) is 7.76. The van der Waals surface area contributed by atoms with Gasteiger partial charge in [-0.05, 0) is 44.5 Å². The molecule has 10 heteroatoms. The molecule has 0 radical (unpaired) electrons. The molecule has 0 spiro atoms. The maximum Gasteiger partial charge on any atom is 0.263 e. The highest BCUT2D eigenvalue weighted by molar-refractivity contribution is 7.92. The average molecular weight is 495 g/mol. The van der Waals surface area contributed by atoms with Crippen LogP contribution in [0.15, 0.2) is 52.2 Å². The van der Waals surface area contributed by atoms with Crippen molar-refractivity contribution in [1.82, 2.24) is 9.88 Å². The predicted molar refractivity (Wildman–Crippen MR) is 127 cm³/mol. The Bertz CT molecular complexity index is 1220. The Labute approximate surface area is 196 Å². The molecule has 1 fully saturated rings. The van der Waals surface area contributed by atoms with Crippen molar-refractivity contribution in [2.45, 2.75) is 37.2 Å². The van der Waals surface area contributed by atoms with Gasteiger partial charge in [0.2, 0.25) is 0 Å². The third kappa shape index (κ3) is 5.23. The molecule has 0 aliphatic carbocycles. The van der Waals surface area contributed by atoms with Crippen molar-refractivity contribution in [3.63, 3.8) is 0 Å². The van der Waals surface area contributed by atoms with Crippen molar-refractivity contribution in [3.05, 3.63) is 69.3 Å². The van der Waals surface area contributed by atoms with Crippen molar-refractivity contribution >= 4 is 44.5 Å². The van der Waals surface area contributed by atoms with Crippen molar-refractivity contribution in [1.29, 1.82) is 0 Å². The number of rotatable bonds is 7. The van der Waals surface area contributed by atoms with Gasteiger partial charge in [-0.1, -0.05) is 29.3 Å². The zero-order valence-corrected chi connectivity index (χ0v) is 20.1. The van der Waals surface area contributed by atoms with E-state index in [-0.39, 0.29) is 22.1 Å². The molecule has 1 aliphatic heterocycles. The van der Waals surface area contributed by atoms with Gasteiger partial charge in [-0.3, -0.25) is 9.62 Å². The van der Waals surface area contributed by atoms with Crippen LogP contribution in [-0.4, -0.2) is 36.9 Å². The lowest BCUT2D eigenvalue weighted by molar-refractivity contribution is 0.310. The van der Waals surface area contributed by atoms with E-state index in [0.717, 1.165) is 18.5 Å². The SMILES string of the molecule is Cc1ccc(F)c(CN2CC[C@](C)(Nc3ccc(S(=O)(=O)Nc4cscn4)cc3Cl)C2)c1. The van der Waals surface area contributed by atoms with Crippen LogP contribution < -0.4 is 10.0 Å². The molecule has 1 saturated heterocycles. The Morgan fingerprint density at radius 3 is 2.81 bits per heavy atom. The summed E-state index contributed by atoms with van der Waals surface area (Å²) in [6, 6.07) is 9.78. The highest BCUT2D eigenvalue weighted by Gasteiger charge is 2.34. The summed E-state index contributed by atoms with van der Waals surface area (Å²) in [5.41, 5.74) is 3.66. The lowest BCUT2D eigenvalue weighted by Gasteiger charge is -2.28. The van der Waals surface area contributed by atoms with Crippen LogP contribution in [0.4, 0.5) is 15.9 Å². The number of anilines is 2. The molecule has 1 aliphatic rings.